The molecule has 1 heterocycles. The SMILES string of the molecule is CC(c1cccnc1)C1CCC2C3CC=C4CCCCC4C3CCC12. The maximum absolute atomic E-state index is 4.38. The van der Waals surface area contributed by atoms with Crippen LogP contribution in [0, 0.1) is 35.5 Å². The molecule has 5 rings (SSSR count). The summed E-state index contributed by atoms with van der Waals surface area (Å²) in [5.74, 6) is 6.60. The molecule has 1 aromatic rings. The van der Waals surface area contributed by atoms with Crippen molar-refractivity contribution in [3.63, 3.8) is 0 Å². The van der Waals surface area contributed by atoms with Crippen LogP contribution in [0.2, 0.25) is 0 Å². The molecule has 0 saturated heterocycles. The van der Waals surface area contributed by atoms with E-state index in [1.54, 1.807) is 0 Å². The first-order chi connectivity index (χ1) is 12.3. The molecule has 3 saturated carbocycles. The summed E-state index contributed by atoms with van der Waals surface area (Å²) in [4.78, 5) is 4.38. The number of nitrogens with zero attached hydrogens (tertiary/aromatic N) is 1. The standard InChI is InChI=1S/C24H33N/c1-16(18-6-4-14-25-15-18)19-10-11-24-21(19)12-13-22-20-7-3-2-5-17(20)8-9-23(22)24/h4,6,8,14-16,19-24H,2-3,5,7,9-13H2,1H3. The molecule has 1 heteroatoms. The summed E-state index contributed by atoms with van der Waals surface area (Å²) in [7, 11) is 0. The highest BCUT2D eigenvalue weighted by atomic mass is 14.6. The predicted molar refractivity (Wildman–Crippen MR) is 103 cm³/mol. The summed E-state index contributed by atoms with van der Waals surface area (Å²) in [5, 5.41) is 0. The maximum atomic E-state index is 4.38. The minimum atomic E-state index is 0.685. The summed E-state index contributed by atoms with van der Waals surface area (Å²) < 4.78 is 0. The summed E-state index contributed by atoms with van der Waals surface area (Å²) in [6.45, 7) is 2.47. The van der Waals surface area contributed by atoms with Crippen LogP contribution >= 0.6 is 0 Å². The molecule has 4 aliphatic carbocycles. The van der Waals surface area contributed by atoms with Gasteiger partial charge >= 0.3 is 0 Å². The average molecular weight is 336 g/mol. The van der Waals surface area contributed by atoms with Gasteiger partial charge in [-0.25, -0.2) is 0 Å². The van der Waals surface area contributed by atoms with Gasteiger partial charge in [-0.05, 0) is 104 Å². The molecule has 0 spiro atoms. The Kier molecular flexibility index (Phi) is 4.22. The van der Waals surface area contributed by atoms with E-state index in [1.165, 1.54) is 63.4 Å². The van der Waals surface area contributed by atoms with Crippen LogP contribution < -0.4 is 0 Å². The number of rotatable bonds is 2. The molecule has 1 aromatic heterocycles. The number of fused-ring (bicyclic) bond motifs is 5. The van der Waals surface area contributed by atoms with Crippen molar-refractivity contribution in [3.05, 3.63) is 41.7 Å². The number of allylic oxidation sites excluding steroid dienone is 2. The largest absolute Gasteiger partial charge is 0.264 e. The summed E-state index contributed by atoms with van der Waals surface area (Å²) in [5.41, 5.74) is 3.33. The molecule has 0 radical (unpaired) electrons. The highest BCUT2D eigenvalue weighted by molar-refractivity contribution is 5.20. The zero-order chi connectivity index (χ0) is 16.8. The third-order valence-corrected chi connectivity index (χ3v) is 8.59. The Labute approximate surface area is 153 Å². The molecule has 7 unspecified atom stereocenters. The molecule has 0 aromatic carbocycles. The average Bonchev–Trinajstić information content (AvgIpc) is 3.12. The van der Waals surface area contributed by atoms with Gasteiger partial charge in [0.1, 0.15) is 0 Å². The van der Waals surface area contributed by atoms with E-state index in [0.717, 1.165) is 35.5 Å². The zero-order valence-electron chi connectivity index (χ0n) is 15.7. The second-order valence-corrected chi connectivity index (χ2v) is 9.42. The highest BCUT2D eigenvalue weighted by Crippen LogP contribution is 2.59. The second-order valence-electron chi connectivity index (χ2n) is 9.42. The molecule has 3 fully saturated rings. The minimum absolute atomic E-state index is 0.685. The smallest absolute Gasteiger partial charge is 0.0302 e. The Morgan fingerprint density at radius 2 is 1.84 bits per heavy atom. The van der Waals surface area contributed by atoms with Crippen molar-refractivity contribution in [2.75, 3.05) is 0 Å². The van der Waals surface area contributed by atoms with Crippen molar-refractivity contribution < 1.29 is 0 Å². The third kappa shape index (κ3) is 2.69. The first-order valence-electron chi connectivity index (χ1n) is 10.9. The zero-order valence-corrected chi connectivity index (χ0v) is 15.7. The number of aromatic nitrogens is 1. The first-order valence-corrected chi connectivity index (χ1v) is 10.9. The van der Waals surface area contributed by atoms with Crippen LogP contribution in [0.5, 0.6) is 0 Å². The van der Waals surface area contributed by atoms with E-state index >= 15 is 0 Å². The van der Waals surface area contributed by atoms with E-state index in [9.17, 15) is 0 Å². The molecule has 0 N–H and O–H groups in total. The highest BCUT2D eigenvalue weighted by Gasteiger charge is 2.50. The van der Waals surface area contributed by atoms with Gasteiger partial charge in [-0.2, -0.15) is 0 Å². The van der Waals surface area contributed by atoms with Gasteiger partial charge < -0.3 is 0 Å². The Morgan fingerprint density at radius 3 is 2.72 bits per heavy atom. The van der Waals surface area contributed by atoms with Crippen LogP contribution in [0.15, 0.2) is 36.2 Å². The Morgan fingerprint density at radius 1 is 0.960 bits per heavy atom. The fourth-order valence-electron chi connectivity index (χ4n) is 7.46. The Bertz CT molecular complexity index is 633. The van der Waals surface area contributed by atoms with E-state index in [4.69, 9.17) is 0 Å². The van der Waals surface area contributed by atoms with Crippen LogP contribution in [-0.4, -0.2) is 4.98 Å². The van der Waals surface area contributed by atoms with Crippen LogP contribution in [0.25, 0.3) is 0 Å². The van der Waals surface area contributed by atoms with Crippen molar-refractivity contribution >= 4 is 0 Å². The van der Waals surface area contributed by atoms with Crippen LogP contribution in [0.3, 0.4) is 0 Å². The van der Waals surface area contributed by atoms with Gasteiger partial charge in [-0.3, -0.25) is 4.98 Å². The number of hydrogen-bond acceptors (Lipinski definition) is 1. The molecular formula is C24H33N. The second kappa shape index (κ2) is 6.56. The predicted octanol–water partition coefficient (Wildman–Crippen LogP) is 6.37. The van der Waals surface area contributed by atoms with Crippen molar-refractivity contribution in [2.24, 2.45) is 35.5 Å². The van der Waals surface area contributed by atoms with E-state index in [2.05, 4.69) is 36.3 Å². The monoisotopic (exact) mass is 335 g/mol. The molecule has 4 aliphatic rings. The molecule has 25 heavy (non-hydrogen) atoms. The Hall–Kier alpha value is -1.11. The quantitative estimate of drug-likeness (QED) is 0.572. The van der Waals surface area contributed by atoms with E-state index in [1.807, 2.05) is 11.8 Å². The fourth-order valence-corrected chi connectivity index (χ4v) is 7.46. The van der Waals surface area contributed by atoms with Gasteiger partial charge in [0.2, 0.25) is 0 Å². The van der Waals surface area contributed by atoms with E-state index < -0.39 is 0 Å². The normalized spacial score (nSPS) is 41.2. The van der Waals surface area contributed by atoms with Crippen molar-refractivity contribution in [2.45, 2.75) is 70.6 Å². The topological polar surface area (TPSA) is 12.9 Å². The van der Waals surface area contributed by atoms with Gasteiger partial charge in [0, 0.05) is 12.4 Å². The Balaban J connectivity index is 1.36. The lowest BCUT2D eigenvalue weighted by Crippen LogP contribution is -2.41. The lowest BCUT2D eigenvalue weighted by molar-refractivity contribution is 0.0478. The van der Waals surface area contributed by atoms with Crippen molar-refractivity contribution in [3.8, 4) is 0 Å². The van der Waals surface area contributed by atoms with Crippen LogP contribution in [-0.2, 0) is 0 Å². The van der Waals surface area contributed by atoms with Gasteiger partial charge in [-0.15, -0.1) is 0 Å². The first kappa shape index (κ1) is 16.1. The van der Waals surface area contributed by atoms with Gasteiger partial charge in [0.25, 0.3) is 0 Å². The number of pyridine rings is 1. The molecule has 134 valence electrons. The minimum Gasteiger partial charge on any atom is -0.264 e. The van der Waals surface area contributed by atoms with Crippen molar-refractivity contribution in [1.82, 2.24) is 4.98 Å². The number of hydrogen-bond donors (Lipinski definition) is 0. The summed E-state index contributed by atoms with van der Waals surface area (Å²) in [6.07, 6.45) is 20.0. The third-order valence-electron chi connectivity index (χ3n) is 8.59. The van der Waals surface area contributed by atoms with E-state index in [0.29, 0.717) is 5.92 Å². The van der Waals surface area contributed by atoms with Gasteiger partial charge in [0.15, 0.2) is 0 Å². The van der Waals surface area contributed by atoms with Gasteiger partial charge in [-0.1, -0.05) is 31.1 Å². The maximum Gasteiger partial charge on any atom is 0.0302 e. The summed E-state index contributed by atoms with van der Waals surface area (Å²) in [6, 6.07) is 4.42. The molecular weight excluding hydrogens is 302 g/mol. The van der Waals surface area contributed by atoms with Gasteiger partial charge in [0.05, 0.1) is 0 Å². The molecule has 0 bridgehead atoms. The molecule has 1 nitrogen and oxygen atoms in total. The molecule has 7 atom stereocenters. The molecule has 0 amide bonds. The van der Waals surface area contributed by atoms with Crippen molar-refractivity contribution in [1.29, 1.82) is 0 Å². The lowest BCUT2D eigenvalue weighted by atomic mass is 9.56. The fraction of sp³-hybridized carbons (Fsp3) is 0.708. The lowest BCUT2D eigenvalue weighted by Gasteiger charge is -2.49. The van der Waals surface area contributed by atoms with Crippen LogP contribution in [0.4, 0.5) is 0 Å². The summed E-state index contributed by atoms with van der Waals surface area (Å²) >= 11 is 0. The van der Waals surface area contributed by atoms with E-state index in [-0.39, 0.29) is 0 Å². The molecule has 0 aliphatic heterocycles. The van der Waals surface area contributed by atoms with Crippen LogP contribution in [0.1, 0.15) is 76.2 Å².